The van der Waals surface area contributed by atoms with Gasteiger partial charge in [-0.1, -0.05) is 35.3 Å². The molecule has 0 unspecified atom stereocenters. The number of hydrogen-bond acceptors (Lipinski definition) is 3. The van der Waals surface area contributed by atoms with Crippen LogP contribution in [0.15, 0.2) is 36.4 Å². The summed E-state index contributed by atoms with van der Waals surface area (Å²) in [5, 5.41) is 4.48. The maximum Gasteiger partial charge on any atom is 0.0607 e. The molecule has 2 aromatic carbocycles. The van der Waals surface area contributed by atoms with Gasteiger partial charge in [-0.15, -0.1) is 0 Å². The van der Waals surface area contributed by atoms with Crippen LogP contribution in [0.25, 0.3) is 11.1 Å². The van der Waals surface area contributed by atoms with Gasteiger partial charge < -0.3 is 16.0 Å². The Morgan fingerprint density at radius 2 is 1.57 bits per heavy atom. The van der Waals surface area contributed by atoms with Crippen molar-refractivity contribution in [2.45, 2.75) is 0 Å². The summed E-state index contributed by atoms with van der Waals surface area (Å²) in [5.41, 5.74) is 10.2. The monoisotopic (exact) mass is 321 g/mol. The van der Waals surface area contributed by atoms with Crippen LogP contribution in [0.2, 0.25) is 10.0 Å². The highest BCUT2D eigenvalue weighted by atomic mass is 35.5. The molecule has 3 nitrogen and oxygen atoms in total. The third kappa shape index (κ3) is 3.10. The van der Waals surface area contributed by atoms with E-state index in [0.29, 0.717) is 10.0 Å². The number of anilines is 2. The van der Waals surface area contributed by atoms with Crippen molar-refractivity contribution < 1.29 is 0 Å². The molecule has 0 aliphatic carbocycles. The Hall–Kier alpha value is -1.42. The summed E-state index contributed by atoms with van der Waals surface area (Å²) < 4.78 is 0. The standard InChI is InChI=1S/C16H17Cl2N3/c17-13-3-1-11(9-14(13)18)12-2-4-15(19)16(10-12)21-7-5-20-6-8-21/h1-4,9-10,20H,5-8,19H2. The molecule has 3 rings (SSSR count). The smallest absolute Gasteiger partial charge is 0.0607 e. The van der Waals surface area contributed by atoms with Gasteiger partial charge in [0.1, 0.15) is 0 Å². The average Bonchev–Trinajstić information content (AvgIpc) is 2.51. The van der Waals surface area contributed by atoms with Crippen LogP contribution < -0.4 is 16.0 Å². The SMILES string of the molecule is Nc1ccc(-c2ccc(Cl)c(Cl)c2)cc1N1CCNCC1. The number of nitrogens with one attached hydrogen (secondary N) is 1. The van der Waals surface area contributed by atoms with Crippen molar-refractivity contribution in [3.05, 3.63) is 46.4 Å². The molecule has 0 aromatic heterocycles. The fraction of sp³-hybridized carbons (Fsp3) is 0.250. The summed E-state index contributed by atoms with van der Waals surface area (Å²) in [6.07, 6.45) is 0. The Balaban J connectivity index is 1.98. The van der Waals surface area contributed by atoms with Gasteiger partial charge in [-0.2, -0.15) is 0 Å². The second kappa shape index (κ2) is 6.14. The number of halogens is 2. The Bertz CT molecular complexity index is 652. The van der Waals surface area contributed by atoms with Crippen molar-refractivity contribution in [2.24, 2.45) is 0 Å². The molecule has 1 aliphatic rings. The predicted octanol–water partition coefficient (Wildman–Crippen LogP) is 3.65. The van der Waals surface area contributed by atoms with Crippen LogP contribution in [0.1, 0.15) is 0 Å². The van der Waals surface area contributed by atoms with Crippen molar-refractivity contribution in [1.82, 2.24) is 5.32 Å². The number of hydrogen-bond donors (Lipinski definition) is 2. The summed E-state index contributed by atoms with van der Waals surface area (Å²) in [6.45, 7) is 3.90. The van der Waals surface area contributed by atoms with E-state index in [-0.39, 0.29) is 0 Å². The summed E-state index contributed by atoms with van der Waals surface area (Å²) >= 11 is 12.1. The molecular formula is C16H17Cl2N3. The fourth-order valence-electron chi connectivity index (χ4n) is 2.58. The van der Waals surface area contributed by atoms with E-state index in [1.165, 1.54) is 0 Å². The van der Waals surface area contributed by atoms with Crippen molar-refractivity contribution in [3.63, 3.8) is 0 Å². The van der Waals surface area contributed by atoms with Crippen LogP contribution in [-0.4, -0.2) is 26.2 Å². The maximum atomic E-state index is 6.14. The van der Waals surface area contributed by atoms with E-state index in [0.717, 1.165) is 48.7 Å². The Morgan fingerprint density at radius 3 is 2.29 bits per heavy atom. The summed E-state index contributed by atoms with van der Waals surface area (Å²) in [6, 6.07) is 11.8. The predicted molar refractivity (Wildman–Crippen MR) is 91.4 cm³/mol. The minimum atomic E-state index is 0.565. The van der Waals surface area contributed by atoms with Crippen LogP contribution in [0, 0.1) is 0 Å². The second-order valence-corrected chi connectivity index (χ2v) is 5.95. The van der Waals surface area contributed by atoms with E-state index >= 15 is 0 Å². The minimum Gasteiger partial charge on any atom is -0.397 e. The molecular weight excluding hydrogens is 305 g/mol. The van der Waals surface area contributed by atoms with Gasteiger partial charge in [0.2, 0.25) is 0 Å². The lowest BCUT2D eigenvalue weighted by Gasteiger charge is -2.30. The van der Waals surface area contributed by atoms with Gasteiger partial charge in [-0.25, -0.2) is 0 Å². The summed E-state index contributed by atoms with van der Waals surface area (Å²) in [5.74, 6) is 0. The van der Waals surface area contributed by atoms with Crippen LogP contribution in [-0.2, 0) is 0 Å². The number of rotatable bonds is 2. The van der Waals surface area contributed by atoms with Crippen LogP contribution in [0.4, 0.5) is 11.4 Å². The first-order valence-corrected chi connectivity index (χ1v) is 7.71. The van der Waals surface area contributed by atoms with Crippen LogP contribution >= 0.6 is 23.2 Å². The molecule has 0 amide bonds. The number of nitrogen functional groups attached to an aromatic ring is 1. The van der Waals surface area contributed by atoms with Gasteiger partial charge in [0.15, 0.2) is 0 Å². The minimum absolute atomic E-state index is 0.565. The fourth-order valence-corrected chi connectivity index (χ4v) is 2.88. The first-order chi connectivity index (χ1) is 10.1. The van der Waals surface area contributed by atoms with E-state index in [1.807, 2.05) is 30.3 Å². The molecule has 0 bridgehead atoms. The first-order valence-electron chi connectivity index (χ1n) is 6.96. The zero-order chi connectivity index (χ0) is 14.8. The van der Waals surface area contributed by atoms with E-state index in [2.05, 4.69) is 16.3 Å². The number of benzene rings is 2. The van der Waals surface area contributed by atoms with Crippen molar-refractivity contribution in [2.75, 3.05) is 36.8 Å². The zero-order valence-electron chi connectivity index (χ0n) is 11.6. The van der Waals surface area contributed by atoms with Crippen molar-refractivity contribution in [1.29, 1.82) is 0 Å². The van der Waals surface area contributed by atoms with Crippen LogP contribution in [0.5, 0.6) is 0 Å². The van der Waals surface area contributed by atoms with E-state index in [1.54, 1.807) is 0 Å². The highest BCUT2D eigenvalue weighted by molar-refractivity contribution is 6.42. The van der Waals surface area contributed by atoms with Gasteiger partial charge in [0, 0.05) is 26.2 Å². The largest absolute Gasteiger partial charge is 0.397 e. The van der Waals surface area contributed by atoms with Crippen LogP contribution in [0.3, 0.4) is 0 Å². The molecule has 0 radical (unpaired) electrons. The number of nitrogens with zero attached hydrogens (tertiary/aromatic N) is 1. The van der Waals surface area contributed by atoms with Crippen molar-refractivity contribution >= 4 is 34.6 Å². The number of piperazine rings is 1. The first kappa shape index (κ1) is 14.5. The molecule has 0 saturated carbocycles. The Morgan fingerprint density at radius 1 is 0.905 bits per heavy atom. The van der Waals surface area contributed by atoms with Crippen molar-refractivity contribution in [3.8, 4) is 11.1 Å². The molecule has 1 saturated heterocycles. The third-order valence-corrected chi connectivity index (χ3v) is 4.48. The second-order valence-electron chi connectivity index (χ2n) is 5.14. The summed E-state index contributed by atoms with van der Waals surface area (Å²) in [7, 11) is 0. The zero-order valence-corrected chi connectivity index (χ0v) is 13.1. The molecule has 1 aliphatic heterocycles. The Labute approximate surface area is 134 Å². The van der Waals surface area contributed by atoms with Gasteiger partial charge in [0.25, 0.3) is 0 Å². The Kier molecular flexibility index (Phi) is 4.24. The lowest BCUT2D eigenvalue weighted by molar-refractivity contribution is 0.590. The topological polar surface area (TPSA) is 41.3 Å². The van der Waals surface area contributed by atoms with E-state index in [4.69, 9.17) is 28.9 Å². The lowest BCUT2D eigenvalue weighted by atomic mass is 10.0. The molecule has 21 heavy (non-hydrogen) atoms. The third-order valence-electron chi connectivity index (χ3n) is 3.74. The summed E-state index contributed by atoms with van der Waals surface area (Å²) in [4.78, 5) is 2.31. The van der Waals surface area contributed by atoms with Gasteiger partial charge in [-0.3, -0.25) is 0 Å². The van der Waals surface area contributed by atoms with Gasteiger partial charge >= 0.3 is 0 Å². The van der Waals surface area contributed by atoms with E-state index < -0.39 is 0 Å². The number of nitrogens with two attached hydrogens (primary N) is 1. The van der Waals surface area contributed by atoms with E-state index in [9.17, 15) is 0 Å². The maximum absolute atomic E-state index is 6.14. The molecule has 110 valence electrons. The van der Waals surface area contributed by atoms with Gasteiger partial charge in [-0.05, 0) is 35.4 Å². The quantitative estimate of drug-likeness (QED) is 0.829. The molecule has 2 aromatic rings. The molecule has 1 fully saturated rings. The highest BCUT2D eigenvalue weighted by Crippen LogP contribution is 2.33. The molecule has 1 heterocycles. The normalized spacial score (nSPS) is 15.2. The molecule has 5 heteroatoms. The van der Waals surface area contributed by atoms with Gasteiger partial charge in [0.05, 0.1) is 21.4 Å². The average molecular weight is 322 g/mol. The lowest BCUT2D eigenvalue weighted by Crippen LogP contribution is -2.43. The molecule has 3 N–H and O–H groups in total. The highest BCUT2D eigenvalue weighted by Gasteiger charge is 2.14. The molecule has 0 spiro atoms. The molecule has 0 atom stereocenters.